The zero-order chi connectivity index (χ0) is 7.94. The smallest absolute Gasteiger partial charge is 0.537 e. The second-order valence-corrected chi connectivity index (χ2v) is 2.26. The molecule has 0 aliphatic rings. The molecule has 4 heteroatoms. The summed E-state index contributed by atoms with van der Waals surface area (Å²) < 4.78 is 9.88. The standard InChI is InChI=1S/C7H7BBrO2/c9-6-10-8-11-7-4-2-1-3-5-7/h1-5H,6H2. The van der Waals surface area contributed by atoms with Crippen molar-refractivity contribution in [3.8, 4) is 5.75 Å². The molecule has 1 radical (unpaired) electrons. The molecule has 1 rings (SSSR count). The van der Waals surface area contributed by atoms with E-state index in [-0.39, 0.29) is 0 Å². The van der Waals surface area contributed by atoms with Gasteiger partial charge in [0.05, 0.1) is 11.3 Å². The van der Waals surface area contributed by atoms with E-state index in [0.717, 1.165) is 5.75 Å². The summed E-state index contributed by atoms with van der Waals surface area (Å²) in [7, 11) is 1.30. The van der Waals surface area contributed by atoms with Crippen LogP contribution in [0.25, 0.3) is 0 Å². The molecule has 0 aliphatic heterocycles. The first kappa shape index (κ1) is 8.62. The van der Waals surface area contributed by atoms with Crippen LogP contribution in [0.4, 0.5) is 0 Å². The number of halogens is 1. The van der Waals surface area contributed by atoms with E-state index in [1.54, 1.807) is 0 Å². The quantitative estimate of drug-likeness (QED) is 0.433. The van der Waals surface area contributed by atoms with E-state index in [1.165, 1.54) is 7.69 Å². The zero-order valence-corrected chi connectivity index (χ0v) is 7.45. The summed E-state index contributed by atoms with van der Waals surface area (Å²) in [5.41, 5.74) is 0.444. The molecule has 0 aliphatic carbocycles. The van der Waals surface area contributed by atoms with Gasteiger partial charge in [-0.3, -0.25) is 0 Å². The molecule has 0 N–H and O–H groups in total. The SMILES string of the molecule is BrCO[B]Oc1ccccc1. The van der Waals surface area contributed by atoms with E-state index in [9.17, 15) is 0 Å². The van der Waals surface area contributed by atoms with E-state index < -0.39 is 0 Å². The Kier molecular flexibility index (Phi) is 4.08. The Bertz CT molecular complexity index is 193. The van der Waals surface area contributed by atoms with Gasteiger partial charge in [-0.2, -0.15) is 0 Å². The normalized spacial score (nSPS) is 9.18. The summed E-state index contributed by atoms with van der Waals surface area (Å²) in [6.07, 6.45) is 0. The number of benzene rings is 1. The lowest BCUT2D eigenvalue weighted by atomic mass is 10.3. The van der Waals surface area contributed by atoms with Crippen molar-refractivity contribution >= 4 is 23.6 Å². The molecule has 0 aromatic heterocycles. The van der Waals surface area contributed by atoms with Gasteiger partial charge in [0.2, 0.25) is 0 Å². The molecule has 0 unspecified atom stereocenters. The van der Waals surface area contributed by atoms with Crippen LogP contribution in [0.1, 0.15) is 0 Å². The summed E-state index contributed by atoms with van der Waals surface area (Å²) in [5, 5.41) is 0. The zero-order valence-electron chi connectivity index (χ0n) is 5.87. The average Bonchev–Trinajstić information content (AvgIpc) is 2.07. The number of hydrogen-bond donors (Lipinski definition) is 0. The summed E-state index contributed by atoms with van der Waals surface area (Å²) in [4.78, 5) is 0. The van der Waals surface area contributed by atoms with E-state index in [0.29, 0.717) is 5.52 Å². The molecule has 0 bridgehead atoms. The van der Waals surface area contributed by atoms with Crippen LogP contribution in [-0.4, -0.2) is 13.2 Å². The minimum Gasteiger partial charge on any atom is -0.537 e. The highest BCUT2D eigenvalue weighted by atomic mass is 79.9. The minimum atomic E-state index is 0.444. The largest absolute Gasteiger partial charge is 0.572 e. The maximum Gasteiger partial charge on any atom is 0.572 e. The lowest BCUT2D eigenvalue weighted by Crippen LogP contribution is -2.05. The van der Waals surface area contributed by atoms with Gasteiger partial charge in [0, 0.05) is 0 Å². The van der Waals surface area contributed by atoms with Crippen molar-refractivity contribution in [3.63, 3.8) is 0 Å². The number of para-hydroxylation sites is 1. The molecule has 0 saturated carbocycles. The van der Waals surface area contributed by atoms with Crippen LogP contribution in [0.2, 0.25) is 0 Å². The van der Waals surface area contributed by atoms with Gasteiger partial charge in [-0.05, 0) is 12.1 Å². The van der Waals surface area contributed by atoms with Crippen LogP contribution in [-0.2, 0) is 4.65 Å². The fourth-order valence-electron chi connectivity index (χ4n) is 0.614. The molecule has 0 atom stereocenters. The maximum absolute atomic E-state index is 5.07. The Balaban J connectivity index is 2.28. The molecule has 1 aromatic carbocycles. The van der Waals surface area contributed by atoms with Crippen LogP contribution in [0.3, 0.4) is 0 Å². The minimum absolute atomic E-state index is 0.444. The molecule has 0 heterocycles. The van der Waals surface area contributed by atoms with E-state index in [1.807, 2.05) is 30.3 Å². The van der Waals surface area contributed by atoms with Crippen molar-refractivity contribution in [2.75, 3.05) is 5.52 Å². The third-order valence-electron chi connectivity index (χ3n) is 1.06. The lowest BCUT2D eigenvalue weighted by molar-refractivity contribution is 0.353. The highest BCUT2D eigenvalue weighted by Gasteiger charge is 1.94. The van der Waals surface area contributed by atoms with Crippen molar-refractivity contribution in [1.29, 1.82) is 0 Å². The predicted octanol–water partition coefficient (Wildman–Crippen LogP) is 1.97. The van der Waals surface area contributed by atoms with Gasteiger partial charge < -0.3 is 9.31 Å². The molecular weight excluding hydrogens is 207 g/mol. The number of rotatable bonds is 4. The molecular formula is C7H7BBrO2. The molecule has 0 saturated heterocycles. The Morgan fingerprint density at radius 3 is 2.64 bits per heavy atom. The summed E-state index contributed by atoms with van der Waals surface area (Å²) in [6.45, 7) is 0. The second kappa shape index (κ2) is 5.21. The summed E-state index contributed by atoms with van der Waals surface area (Å²) in [6, 6.07) is 9.44. The molecule has 57 valence electrons. The summed E-state index contributed by atoms with van der Waals surface area (Å²) >= 11 is 3.09. The fourth-order valence-corrected chi connectivity index (χ4v) is 0.722. The highest BCUT2D eigenvalue weighted by molar-refractivity contribution is 9.09. The van der Waals surface area contributed by atoms with Crippen molar-refractivity contribution < 1.29 is 9.31 Å². The third kappa shape index (κ3) is 3.44. The van der Waals surface area contributed by atoms with Gasteiger partial charge in [0.1, 0.15) is 0 Å². The van der Waals surface area contributed by atoms with Crippen LogP contribution in [0.15, 0.2) is 30.3 Å². The van der Waals surface area contributed by atoms with E-state index >= 15 is 0 Å². The highest BCUT2D eigenvalue weighted by Crippen LogP contribution is 2.06. The van der Waals surface area contributed by atoms with Crippen LogP contribution in [0.5, 0.6) is 5.75 Å². The van der Waals surface area contributed by atoms with Crippen molar-refractivity contribution in [2.45, 2.75) is 0 Å². The Labute approximate surface area is 74.9 Å². The van der Waals surface area contributed by atoms with Crippen LogP contribution >= 0.6 is 15.9 Å². The average molecular weight is 214 g/mol. The molecule has 0 spiro atoms. The first-order chi connectivity index (χ1) is 5.43. The topological polar surface area (TPSA) is 18.5 Å². The Morgan fingerprint density at radius 1 is 1.27 bits per heavy atom. The first-order valence-electron chi connectivity index (χ1n) is 3.14. The van der Waals surface area contributed by atoms with Gasteiger partial charge in [0.25, 0.3) is 0 Å². The number of alkyl halides is 1. The second-order valence-electron chi connectivity index (χ2n) is 1.80. The van der Waals surface area contributed by atoms with Gasteiger partial charge in [-0.25, -0.2) is 0 Å². The van der Waals surface area contributed by atoms with Gasteiger partial charge >= 0.3 is 7.69 Å². The Morgan fingerprint density at radius 2 is 2.00 bits per heavy atom. The van der Waals surface area contributed by atoms with E-state index in [2.05, 4.69) is 15.9 Å². The van der Waals surface area contributed by atoms with Crippen molar-refractivity contribution in [3.05, 3.63) is 30.3 Å². The van der Waals surface area contributed by atoms with Gasteiger partial charge in [0.15, 0.2) is 0 Å². The monoisotopic (exact) mass is 213 g/mol. The van der Waals surface area contributed by atoms with Crippen molar-refractivity contribution in [2.24, 2.45) is 0 Å². The predicted molar refractivity (Wildman–Crippen MR) is 47.7 cm³/mol. The first-order valence-corrected chi connectivity index (χ1v) is 4.26. The Hall–Kier alpha value is -0.475. The lowest BCUT2D eigenvalue weighted by Gasteiger charge is -2.01. The molecule has 0 fully saturated rings. The fraction of sp³-hybridized carbons (Fsp3) is 0.143. The van der Waals surface area contributed by atoms with Crippen LogP contribution < -0.4 is 4.65 Å². The maximum atomic E-state index is 5.07. The van der Waals surface area contributed by atoms with Gasteiger partial charge in [-0.15, -0.1) is 0 Å². The van der Waals surface area contributed by atoms with Crippen LogP contribution in [0, 0.1) is 0 Å². The molecule has 2 nitrogen and oxygen atoms in total. The molecule has 1 aromatic rings. The number of hydrogen-bond acceptors (Lipinski definition) is 2. The van der Waals surface area contributed by atoms with Crippen molar-refractivity contribution in [1.82, 2.24) is 0 Å². The molecule has 11 heavy (non-hydrogen) atoms. The molecule has 0 amide bonds. The summed E-state index contributed by atoms with van der Waals surface area (Å²) in [5.74, 6) is 0.772. The van der Waals surface area contributed by atoms with E-state index in [4.69, 9.17) is 9.31 Å². The third-order valence-corrected chi connectivity index (χ3v) is 1.32. The van der Waals surface area contributed by atoms with Gasteiger partial charge in [-0.1, -0.05) is 34.1 Å².